The van der Waals surface area contributed by atoms with Crippen molar-refractivity contribution in [2.75, 3.05) is 19.6 Å². The second-order valence-electron chi connectivity index (χ2n) is 6.01. The predicted molar refractivity (Wildman–Crippen MR) is 97.3 cm³/mol. The molecule has 0 spiro atoms. The van der Waals surface area contributed by atoms with Crippen LogP contribution in [0.4, 0.5) is 5.69 Å². The van der Waals surface area contributed by atoms with Gasteiger partial charge in [-0.2, -0.15) is 0 Å². The molecule has 25 heavy (non-hydrogen) atoms. The smallest absolute Gasteiger partial charge is 0.280 e. The van der Waals surface area contributed by atoms with Crippen LogP contribution >= 0.6 is 12.4 Å². The van der Waals surface area contributed by atoms with Gasteiger partial charge in [-0.05, 0) is 44.1 Å². The predicted octanol–water partition coefficient (Wildman–Crippen LogP) is 4.34. The van der Waals surface area contributed by atoms with Crippen LogP contribution in [0.1, 0.15) is 36.2 Å². The highest BCUT2D eigenvalue weighted by Crippen LogP contribution is 2.31. The molecule has 6 nitrogen and oxygen atoms in total. The fraction of sp³-hybridized carbons (Fsp3) is 0.389. The number of hydrogen-bond acceptors (Lipinski definition) is 5. The fourth-order valence-electron chi connectivity index (χ4n) is 3.04. The fourth-order valence-corrected chi connectivity index (χ4v) is 3.04. The summed E-state index contributed by atoms with van der Waals surface area (Å²) in [7, 11) is 0. The van der Waals surface area contributed by atoms with Crippen LogP contribution in [0.5, 0.6) is 0 Å². The van der Waals surface area contributed by atoms with Crippen molar-refractivity contribution in [2.45, 2.75) is 25.7 Å². The standard InChI is InChI=1S/C18H20N2O4.ClH/c21-16(10-13-19-11-4-1-5-12-19)18-9-8-17(24-18)14-6-2-3-7-15(14)20(22)23;/h2-3,6-9H,1,4-5,10-13H2;1H. The summed E-state index contributed by atoms with van der Waals surface area (Å²) in [5, 5.41) is 11.1. The Balaban J connectivity index is 0.00000225. The van der Waals surface area contributed by atoms with Gasteiger partial charge in [-0.3, -0.25) is 14.9 Å². The average molecular weight is 365 g/mol. The van der Waals surface area contributed by atoms with Gasteiger partial charge >= 0.3 is 0 Å². The summed E-state index contributed by atoms with van der Waals surface area (Å²) in [5.74, 6) is 0.550. The first-order valence-corrected chi connectivity index (χ1v) is 8.24. The minimum atomic E-state index is -0.449. The molecule has 7 heteroatoms. The van der Waals surface area contributed by atoms with E-state index in [1.165, 1.54) is 25.3 Å². The molecule has 1 fully saturated rings. The number of halogens is 1. The van der Waals surface area contributed by atoms with Gasteiger partial charge in [0.2, 0.25) is 0 Å². The Morgan fingerprint density at radius 1 is 1.12 bits per heavy atom. The Labute approximate surface area is 152 Å². The summed E-state index contributed by atoms with van der Waals surface area (Å²) >= 11 is 0. The minimum absolute atomic E-state index is 0. The van der Waals surface area contributed by atoms with Crippen LogP contribution < -0.4 is 0 Å². The average Bonchev–Trinajstić information content (AvgIpc) is 3.10. The van der Waals surface area contributed by atoms with Gasteiger partial charge in [-0.15, -0.1) is 12.4 Å². The van der Waals surface area contributed by atoms with E-state index in [4.69, 9.17) is 4.42 Å². The number of nitro benzene ring substituents is 1. The first kappa shape index (κ1) is 19.1. The number of carbonyl (C=O) groups excluding carboxylic acids is 1. The molecule has 0 N–H and O–H groups in total. The van der Waals surface area contributed by atoms with E-state index in [9.17, 15) is 14.9 Å². The lowest BCUT2D eigenvalue weighted by Gasteiger charge is -2.25. The molecule has 0 atom stereocenters. The van der Waals surface area contributed by atoms with E-state index in [-0.39, 0.29) is 29.6 Å². The molecule has 0 unspecified atom stereocenters. The number of furan rings is 1. The quantitative estimate of drug-likeness (QED) is 0.433. The Morgan fingerprint density at radius 3 is 2.56 bits per heavy atom. The van der Waals surface area contributed by atoms with Crippen molar-refractivity contribution < 1.29 is 14.1 Å². The van der Waals surface area contributed by atoms with Gasteiger partial charge in [-0.25, -0.2) is 0 Å². The maximum Gasteiger partial charge on any atom is 0.280 e. The number of benzene rings is 1. The lowest BCUT2D eigenvalue weighted by molar-refractivity contribution is -0.384. The lowest BCUT2D eigenvalue weighted by Crippen LogP contribution is -2.31. The minimum Gasteiger partial charge on any atom is -0.453 e. The maximum atomic E-state index is 12.3. The Kier molecular flexibility index (Phi) is 6.73. The van der Waals surface area contributed by atoms with E-state index in [2.05, 4.69) is 4.90 Å². The van der Waals surface area contributed by atoms with Crippen LogP contribution in [0.25, 0.3) is 11.3 Å². The zero-order chi connectivity index (χ0) is 16.9. The summed E-state index contributed by atoms with van der Waals surface area (Å²) in [5.41, 5.74) is 0.358. The molecule has 2 heterocycles. The van der Waals surface area contributed by atoms with Gasteiger partial charge in [0, 0.05) is 19.0 Å². The summed E-state index contributed by atoms with van der Waals surface area (Å²) in [6.45, 7) is 2.83. The van der Waals surface area contributed by atoms with Gasteiger partial charge in [0.15, 0.2) is 11.5 Å². The molecular weight excluding hydrogens is 344 g/mol. The van der Waals surface area contributed by atoms with Gasteiger partial charge < -0.3 is 9.32 Å². The molecule has 1 aliphatic heterocycles. The highest BCUT2D eigenvalue weighted by molar-refractivity contribution is 5.94. The van der Waals surface area contributed by atoms with Crippen molar-refractivity contribution >= 4 is 23.9 Å². The monoisotopic (exact) mass is 364 g/mol. The lowest BCUT2D eigenvalue weighted by atomic mass is 10.1. The van der Waals surface area contributed by atoms with E-state index >= 15 is 0 Å². The van der Waals surface area contributed by atoms with E-state index in [1.807, 2.05) is 0 Å². The summed E-state index contributed by atoms with van der Waals surface area (Å²) in [6, 6.07) is 9.59. The second kappa shape index (κ2) is 8.78. The Morgan fingerprint density at radius 2 is 1.84 bits per heavy atom. The number of likely N-dealkylation sites (tertiary alicyclic amines) is 1. The van der Waals surface area contributed by atoms with Crippen LogP contribution in [0.15, 0.2) is 40.8 Å². The molecule has 1 aromatic carbocycles. The van der Waals surface area contributed by atoms with Crippen molar-refractivity contribution in [2.24, 2.45) is 0 Å². The molecule has 2 aromatic rings. The number of nitrogens with zero attached hydrogens (tertiary/aromatic N) is 2. The van der Waals surface area contributed by atoms with Gasteiger partial charge in [-0.1, -0.05) is 18.6 Å². The van der Waals surface area contributed by atoms with Crippen molar-refractivity contribution in [1.82, 2.24) is 4.90 Å². The Bertz CT molecular complexity index is 738. The number of para-hydroxylation sites is 1. The topological polar surface area (TPSA) is 76.6 Å². The first-order chi connectivity index (χ1) is 11.6. The van der Waals surface area contributed by atoms with Crippen molar-refractivity contribution in [3.05, 3.63) is 52.3 Å². The molecular formula is C18H21ClN2O4. The second-order valence-corrected chi connectivity index (χ2v) is 6.01. The van der Waals surface area contributed by atoms with Crippen LogP contribution in [0.2, 0.25) is 0 Å². The molecule has 0 amide bonds. The van der Waals surface area contributed by atoms with Gasteiger partial charge in [0.25, 0.3) is 5.69 Å². The highest BCUT2D eigenvalue weighted by atomic mass is 35.5. The molecule has 1 aromatic heterocycles. The van der Waals surface area contributed by atoms with E-state index in [0.29, 0.717) is 17.7 Å². The SMILES string of the molecule is Cl.O=C(CCN1CCCCC1)c1ccc(-c2ccccc2[N+](=O)[O-])o1. The largest absolute Gasteiger partial charge is 0.453 e. The van der Waals surface area contributed by atoms with Crippen LogP contribution in [0.3, 0.4) is 0 Å². The molecule has 134 valence electrons. The molecule has 0 bridgehead atoms. The summed E-state index contributed by atoms with van der Waals surface area (Å²) < 4.78 is 5.59. The third-order valence-electron chi connectivity index (χ3n) is 4.35. The zero-order valence-corrected chi connectivity index (χ0v) is 14.7. The zero-order valence-electron chi connectivity index (χ0n) is 13.8. The maximum absolute atomic E-state index is 12.3. The highest BCUT2D eigenvalue weighted by Gasteiger charge is 2.20. The van der Waals surface area contributed by atoms with Crippen molar-refractivity contribution in [1.29, 1.82) is 0 Å². The number of carbonyl (C=O) groups is 1. The molecule has 1 aliphatic rings. The van der Waals surface area contributed by atoms with Crippen LogP contribution in [0, 0.1) is 10.1 Å². The van der Waals surface area contributed by atoms with Crippen LogP contribution in [-0.2, 0) is 0 Å². The number of nitro groups is 1. The first-order valence-electron chi connectivity index (χ1n) is 8.24. The number of piperidine rings is 1. The van der Waals surface area contributed by atoms with Gasteiger partial charge in [0.05, 0.1) is 10.5 Å². The van der Waals surface area contributed by atoms with Crippen LogP contribution in [-0.4, -0.2) is 35.2 Å². The van der Waals surface area contributed by atoms with E-state index in [1.54, 1.807) is 30.3 Å². The van der Waals surface area contributed by atoms with Crippen molar-refractivity contribution in [3.63, 3.8) is 0 Å². The number of hydrogen-bond donors (Lipinski definition) is 0. The van der Waals surface area contributed by atoms with E-state index in [0.717, 1.165) is 19.6 Å². The number of rotatable bonds is 6. The van der Waals surface area contributed by atoms with Gasteiger partial charge in [0.1, 0.15) is 5.76 Å². The molecule has 3 rings (SSSR count). The third-order valence-corrected chi connectivity index (χ3v) is 4.35. The molecule has 0 aliphatic carbocycles. The number of ketones is 1. The van der Waals surface area contributed by atoms with E-state index < -0.39 is 4.92 Å². The molecule has 0 radical (unpaired) electrons. The molecule has 0 saturated carbocycles. The Hall–Kier alpha value is -2.18. The molecule has 1 saturated heterocycles. The van der Waals surface area contributed by atoms with Crippen molar-refractivity contribution in [3.8, 4) is 11.3 Å². The number of Topliss-reactive ketones (excluding diaryl/α,β-unsaturated/α-hetero) is 1. The summed E-state index contributed by atoms with van der Waals surface area (Å²) in [6.07, 6.45) is 4.05. The third kappa shape index (κ3) is 4.67. The normalized spacial score (nSPS) is 14.7. The summed E-state index contributed by atoms with van der Waals surface area (Å²) in [4.78, 5) is 25.3.